The highest BCUT2D eigenvalue weighted by atomic mass is 19.3. The Morgan fingerprint density at radius 3 is 2.92 bits per heavy atom. The molecule has 72 valence electrons. The summed E-state index contributed by atoms with van der Waals surface area (Å²) in [4.78, 5) is 10.5. The highest BCUT2D eigenvalue weighted by Gasteiger charge is 2.15. The molecule has 1 heterocycles. The molecule has 1 aromatic heterocycles. The molecule has 1 rings (SSSR count). The number of halogens is 2. The second kappa shape index (κ2) is 3.97. The number of nitrogens with zero attached hydrogens (tertiary/aromatic N) is 1. The zero-order valence-electron chi connectivity index (χ0n) is 6.97. The number of aromatic amines is 1. The highest BCUT2D eigenvalue weighted by molar-refractivity contribution is 5.92. The van der Waals surface area contributed by atoms with Crippen molar-refractivity contribution in [1.82, 2.24) is 10.2 Å². The van der Waals surface area contributed by atoms with Crippen LogP contribution in [0.3, 0.4) is 0 Å². The van der Waals surface area contributed by atoms with Crippen molar-refractivity contribution in [2.24, 2.45) is 0 Å². The summed E-state index contributed by atoms with van der Waals surface area (Å²) in [6.45, 7) is 1.88. The second-order valence-corrected chi connectivity index (χ2v) is 2.42. The summed E-state index contributed by atoms with van der Waals surface area (Å²) in [5.41, 5.74) is 0.782. The Labute approximate surface area is 73.3 Å². The molecule has 1 aromatic rings. The van der Waals surface area contributed by atoms with Crippen LogP contribution >= 0.6 is 0 Å². The summed E-state index contributed by atoms with van der Waals surface area (Å²) in [7, 11) is 0. The van der Waals surface area contributed by atoms with Crippen molar-refractivity contribution in [2.75, 3.05) is 5.32 Å². The van der Waals surface area contributed by atoms with Crippen LogP contribution in [0.15, 0.2) is 6.07 Å². The summed E-state index contributed by atoms with van der Waals surface area (Å²) in [6, 6.07) is 1.51. The average molecular weight is 189 g/mol. The molecule has 0 spiro atoms. The second-order valence-electron chi connectivity index (χ2n) is 2.42. The Hall–Kier alpha value is -1.46. The molecule has 4 nitrogen and oxygen atoms in total. The lowest BCUT2D eigenvalue weighted by Gasteiger charge is -1.97. The molecule has 6 heteroatoms. The number of aryl methyl sites for hydroxylation is 1. The van der Waals surface area contributed by atoms with E-state index in [0.29, 0.717) is 6.42 Å². The normalized spacial score (nSPS) is 10.5. The predicted molar refractivity (Wildman–Crippen MR) is 42.6 cm³/mol. The minimum Gasteiger partial charge on any atom is -0.304 e. The monoisotopic (exact) mass is 189 g/mol. The molecular formula is C7H9F2N3O. The molecule has 0 radical (unpaired) electrons. The molecule has 2 N–H and O–H groups in total. The fraction of sp³-hybridized carbons (Fsp3) is 0.429. The van der Waals surface area contributed by atoms with E-state index in [1.807, 2.05) is 12.2 Å². The summed E-state index contributed by atoms with van der Waals surface area (Å²) in [5, 5.41) is 8.17. The van der Waals surface area contributed by atoms with Gasteiger partial charge in [0.1, 0.15) is 0 Å². The number of amides is 1. The van der Waals surface area contributed by atoms with E-state index >= 15 is 0 Å². The van der Waals surface area contributed by atoms with Crippen LogP contribution in [0.4, 0.5) is 14.6 Å². The van der Waals surface area contributed by atoms with E-state index < -0.39 is 12.3 Å². The summed E-state index contributed by atoms with van der Waals surface area (Å²) in [6.07, 6.45) is -2.31. The number of carbonyl (C=O) groups is 1. The van der Waals surface area contributed by atoms with Gasteiger partial charge in [0.05, 0.1) is 0 Å². The third-order valence-corrected chi connectivity index (χ3v) is 1.46. The van der Waals surface area contributed by atoms with Gasteiger partial charge in [0.15, 0.2) is 5.82 Å². The van der Waals surface area contributed by atoms with Crippen LogP contribution in [-0.4, -0.2) is 22.5 Å². The Morgan fingerprint density at radius 2 is 2.46 bits per heavy atom. The number of alkyl halides is 2. The van der Waals surface area contributed by atoms with Crippen LogP contribution in [-0.2, 0) is 11.2 Å². The fourth-order valence-electron chi connectivity index (χ4n) is 0.788. The van der Waals surface area contributed by atoms with E-state index in [1.165, 1.54) is 6.07 Å². The number of aromatic nitrogens is 2. The lowest BCUT2D eigenvalue weighted by molar-refractivity contribution is -0.126. The number of rotatable bonds is 3. The Balaban J connectivity index is 2.59. The van der Waals surface area contributed by atoms with E-state index in [9.17, 15) is 13.6 Å². The summed E-state index contributed by atoms with van der Waals surface area (Å²) >= 11 is 0. The zero-order valence-corrected chi connectivity index (χ0v) is 6.97. The van der Waals surface area contributed by atoms with Crippen molar-refractivity contribution in [3.05, 3.63) is 11.8 Å². The quantitative estimate of drug-likeness (QED) is 0.749. The first-order valence-corrected chi connectivity index (χ1v) is 3.76. The molecule has 0 bridgehead atoms. The number of H-pyrrole nitrogens is 1. The molecule has 0 aliphatic rings. The summed E-state index contributed by atoms with van der Waals surface area (Å²) < 4.78 is 23.5. The first-order valence-electron chi connectivity index (χ1n) is 3.76. The number of nitrogens with one attached hydrogen (secondary N) is 2. The third kappa shape index (κ3) is 2.50. The van der Waals surface area contributed by atoms with Gasteiger partial charge in [-0.15, -0.1) is 0 Å². The van der Waals surface area contributed by atoms with Crippen LogP contribution in [0, 0.1) is 0 Å². The van der Waals surface area contributed by atoms with Crippen molar-refractivity contribution in [2.45, 2.75) is 19.8 Å². The first kappa shape index (κ1) is 9.63. The van der Waals surface area contributed by atoms with Crippen LogP contribution in [0.1, 0.15) is 12.6 Å². The molecule has 1 amide bonds. The van der Waals surface area contributed by atoms with Gasteiger partial charge in [-0.3, -0.25) is 9.89 Å². The standard InChI is InChI=1S/C7H9F2N3O/c1-2-4-3-5(12-11-4)10-7(13)6(8)9/h3,6H,2H2,1H3,(H2,10,11,12,13). The molecular weight excluding hydrogens is 180 g/mol. The van der Waals surface area contributed by atoms with Crippen LogP contribution < -0.4 is 5.32 Å². The number of anilines is 1. The Kier molecular flexibility index (Phi) is 2.94. The molecule has 0 aromatic carbocycles. The molecule has 0 unspecified atom stereocenters. The van der Waals surface area contributed by atoms with Crippen molar-refractivity contribution in [3.8, 4) is 0 Å². The maximum absolute atomic E-state index is 11.8. The van der Waals surface area contributed by atoms with Crippen LogP contribution in [0.2, 0.25) is 0 Å². The van der Waals surface area contributed by atoms with Gasteiger partial charge in [-0.2, -0.15) is 13.9 Å². The van der Waals surface area contributed by atoms with Gasteiger partial charge in [0.25, 0.3) is 5.91 Å². The van der Waals surface area contributed by atoms with E-state index in [2.05, 4.69) is 10.2 Å². The number of hydrogen-bond donors (Lipinski definition) is 2. The van der Waals surface area contributed by atoms with Crippen molar-refractivity contribution in [3.63, 3.8) is 0 Å². The third-order valence-electron chi connectivity index (χ3n) is 1.46. The number of hydrogen-bond acceptors (Lipinski definition) is 2. The Bertz CT molecular complexity index is 298. The van der Waals surface area contributed by atoms with Gasteiger partial charge in [-0.25, -0.2) is 0 Å². The van der Waals surface area contributed by atoms with E-state index in [-0.39, 0.29) is 5.82 Å². The molecule has 0 saturated carbocycles. The number of carbonyl (C=O) groups excluding carboxylic acids is 1. The SMILES string of the molecule is CCc1cc(NC(=O)C(F)F)n[nH]1. The van der Waals surface area contributed by atoms with Crippen LogP contribution in [0.25, 0.3) is 0 Å². The van der Waals surface area contributed by atoms with Gasteiger partial charge >= 0.3 is 6.43 Å². The smallest absolute Gasteiger partial charge is 0.304 e. The fourth-order valence-corrected chi connectivity index (χ4v) is 0.788. The van der Waals surface area contributed by atoms with Gasteiger partial charge in [0, 0.05) is 11.8 Å². The molecule has 0 fully saturated rings. The van der Waals surface area contributed by atoms with E-state index in [0.717, 1.165) is 5.69 Å². The largest absolute Gasteiger partial charge is 0.315 e. The van der Waals surface area contributed by atoms with E-state index in [1.54, 1.807) is 0 Å². The van der Waals surface area contributed by atoms with Gasteiger partial charge in [-0.05, 0) is 6.42 Å². The highest BCUT2D eigenvalue weighted by Crippen LogP contribution is 2.06. The molecule has 0 atom stereocenters. The maximum atomic E-state index is 11.8. The predicted octanol–water partition coefficient (Wildman–Crippen LogP) is 1.18. The molecule has 0 saturated heterocycles. The van der Waals surface area contributed by atoms with Gasteiger partial charge in [0.2, 0.25) is 0 Å². The average Bonchev–Trinajstić information content (AvgIpc) is 2.52. The van der Waals surface area contributed by atoms with E-state index in [4.69, 9.17) is 0 Å². The van der Waals surface area contributed by atoms with Gasteiger partial charge < -0.3 is 5.32 Å². The summed E-state index contributed by atoms with van der Waals surface area (Å²) in [5.74, 6) is -1.21. The minimum atomic E-state index is -3.01. The zero-order chi connectivity index (χ0) is 9.84. The van der Waals surface area contributed by atoms with Crippen molar-refractivity contribution >= 4 is 11.7 Å². The molecule has 0 aliphatic heterocycles. The lowest BCUT2D eigenvalue weighted by atomic mass is 10.3. The minimum absolute atomic E-state index is 0.127. The Morgan fingerprint density at radius 1 is 1.77 bits per heavy atom. The molecule has 13 heavy (non-hydrogen) atoms. The van der Waals surface area contributed by atoms with Crippen molar-refractivity contribution in [1.29, 1.82) is 0 Å². The molecule has 0 aliphatic carbocycles. The topological polar surface area (TPSA) is 57.8 Å². The van der Waals surface area contributed by atoms with Crippen molar-refractivity contribution < 1.29 is 13.6 Å². The van der Waals surface area contributed by atoms with Crippen LogP contribution in [0.5, 0.6) is 0 Å². The maximum Gasteiger partial charge on any atom is 0.315 e. The lowest BCUT2D eigenvalue weighted by Crippen LogP contribution is -2.20. The first-order chi connectivity index (χ1) is 6.13. The van der Waals surface area contributed by atoms with Gasteiger partial charge in [-0.1, -0.05) is 6.92 Å².